The first-order valence-electron chi connectivity index (χ1n) is 8.65. The van der Waals surface area contributed by atoms with E-state index in [2.05, 4.69) is 35.4 Å². The number of nitrogens with one attached hydrogen (secondary N) is 1. The number of carbonyl (C=O) groups excluding carboxylic acids is 1. The molecule has 3 rings (SSSR count). The molecular weight excluding hydrogens is 322 g/mol. The van der Waals surface area contributed by atoms with Gasteiger partial charge in [0, 0.05) is 32.5 Å². The van der Waals surface area contributed by atoms with E-state index in [1.165, 1.54) is 11.1 Å². The summed E-state index contributed by atoms with van der Waals surface area (Å²) in [4.78, 5) is 18.6. The van der Waals surface area contributed by atoms with Crippen LogP contribution in [0.15, 0.2) is 73.1 Å². The highest BCUT2D eigenvalue weighted by Crippen LogP contribution is 2.14. The van der Waals surface area contributed by atoms with E-state index in [0.29, 0.717) is 18.7 Å². The van der Waals surface area contributed by atoms with Gasteiger partial charge in [-0.25, -0.2) is 0 Å². The van der Waals surface area contributed by atoms with Gasteiger partial charge in [-0.3, -0.25) is 9.78 Å². The maximum Gasteiger partial charge on any atom is 0.255 e. The maximum atomic E-state index is 12.7. The summed E-state index contributed by atoms with van der Waals surface area (Å²) < 4.78 is 0. The van der Waals surface area contributed by atoms with Crippen LogP contribution in [0.4, 0.5) is 5.69 Å². The lowest BCUT2D eigenvalue weighted by molar-refractivity contribution is 0.0784. The van der Waals surface area contributed by atoms with Crippen LogP contribution >= 0.6 is 0 Å². The van der Waals surface area contributed by atoms with Crippen molar-refractivity contribution in [3.63, 3.8) is 0 Å². The Bertz CT molecular complexity index is 877. The first-order chi connectivity index (χ1) is 12.6. The number of aryl methyl sites for hydroxylation is 1. The second kappa shape index (κ2) is 8.30. The number of amides is 1. The lowest BCUT2D eigenvalue weighted by Gasteiger charge is -2.17. The molecule has 0 aliphatic rings. The Balaban J connectivity index is 1.65. The van der Waals surface area contributed by atoms with Gasteiger partial charge in [-0.05, 0) is 24.1 Å². The Morgan fingerprint density at radius 3 is 2.54 bits per heavy atom. The van der Waals surface area contributed by atoms with Gasteiger partial charge >= 0.3 is 0 Å². The molecule has 1 heterocycles. The number of anilines is 1. The number of benzene rings is 2. The fourth-order valence-electron chi connectivity index (χ4n) is 2.83. The standard InChI is InChI=1S/C22H23N3O/c1-17-7-6-10-19(11-17)13-24-21-12-20(14-23-15-21)22(26)25(2)16-18-8-4-3-5-9-18/h3-12,14-15,24H,13,16H2,1-2H3. The lowest BCUT2D eigenvalue weighted by Crippen LogP contribution is -2.26. The third-order valence-corrected chi connectivity index (χ3v) is 4.17. The van der Waals surface area contributed by atoms with E-state index in [-0.39, 0.29) is 5.91 Å². The molecule has 1 amide bonds. The van der Waals surface area contributed by atoms with Crippen LogP contribution in [-0.4, -0.2) is 22.8 Å². The van der Waals surface area contributed by atoms with Crippen molar-refractivity contribution >= 4 is 11.6 Å². The van der Waals surface area contributed by atoms with Gasteiger partial charge in [0.15, 0.2) is 0 Å². The number of hydrogen-bond donors (Lipinski definition) is 1. The highest BCUT2D eigenvalue weighted by molar-refractivity contribution is 5.94. The monoisotopic (exact) mass is 345 g/mol. The molecule has 0 fully saturated rings. The van der Waals surface area contributed by atoms with Crippen LogP contribution in [0.2, 0.25) is 0 Å². The van der Waals surface area contributed by atoms with Gasteiger partial charge in [0.05, 0.1) is 11.3 Å². The largest absolute Gasteiger partial charge is 0.380 e. The first-order valence-corrected chi connectivity index (χ1v) is 8.65. The van der Waals surface area contributed by atoms with Crippen LogP contribution in [0.1, 0.15) is 27.0 Å². The molecule has 4 heteroatoms. The first kappa shape index (κ1) is 17.7. The van der Waals surface area contributed by atoms with Crippen molar-refractivity contribution in [2.24, 2.45) is 0 Å². The van der Waals surface area contributed by atoms with E-state index in [1.54, 1.807) is 17.3 Å². The van der Waals surface area contributed by atoms with Gasteiger partial charge < -0.3 is 10.2 Å². The molecule has 3 aromatic rings. The molecule has 0 spiro atoms. The van der Waals surface area contributed by atoms with E-state index in [9.17, 15) is 4.79 Å². The SMILES string of the molecule is Cc1cccc(CNc2cncc(C(=O)N(C)Cc3ccccc3)c2)c1. The van der Waals surface area contributed by atoms with Gasteiger partial charge in [0.1, 0.15) is 0 Å². The summed E-state index contributed by atoms with van der Waals surface area (Å²) in [5.41, 5.74) is 4.95. The van der Waals surface area contributed by atoms with E-state index < -0.39 is 0 Å². The normalized spacial score (nSPS) is 10.4. The predicted octanol–water partition coefficient (Wildman–Crippen LogP) is 4.27. The molecule has 2 aromatic carbocycles. The Hall–Kier alpha value is -3.14. The van der Waals surface area contributed by atoms with Crippen molar-refractivity contribution in [1.29, 1.82) is 0 Å². The fourth-order valence-corrected chi connectivity index (χ4v) is 2.83. The summed E-state index contributed by atoms with van der Waals surface area (Å²) >= 11 is 0. The van der Waals surface area contributed by atoms with Gasteiger partial charge in [0.2, 0.25) is 0 Å². The average molecular weight is 345 g/mol. The Morgan fingerprint density at radius 2 is 1.77 bits per heavy atom. The zero-order chi connectivity index (χ0) is 18.4. The molecule has 0 aliphatic heterocycles. The van der Waals surface area contributed by atoms with Gasteiger partial charge in [-0.2, -0.15) is 0 Å². The molecule has 0 unspecified atom stereocenters. The number of pyridine rings is 1. The summed E-state index contributed by atoms with van der Waals surface area (Å²) in [7, 11) is 1.81. The van der Waals surface area contributed by atoms with Crippen LogP contribution in [-0.2, 0) is 13.1 Å². The number of hydrogen-bond acceptors (Lipinski definition) is 3. The molecule has 0 bridgehead atoms. The van der Waals surface area contributed by atoms with Crippen LogP contribution < -0.4 is 5.32 Å². The number of carbonyl (C=O) groups is 1. The molecule has 1 N–H and O–H groups in total. The fraction of sp³-hybridized carbons (Fsp3) is 0.182. The molecule has 0 atom stereocenters. The lowest BCUT2D eigenvalue weighted by atomic mass is 10.1. The van der Waals surface area contributed by atoms with Crippen molar-refractivity contribution in [3.8, 4) is 0 Å². The minimum Gasteiger partial charge on any atom is -0.380 e. The summed E-state index contributed by atoms with van der Waals surface area (Å²) in [6, 6.07) is 20.2. The molecule has 132 valence electrons. The van der Waals surface area contributed by atoms with Crippen molar-refractivity contribution in [1.82, 2.24) is 9.88 Å². The Kier molecular flexibility index (Phi) is 5.64. The average Bonchev–Trinajstić information content (AvgIpc) is 2.67. The number of rotatable bonds is 6. The molecule has 4 nitrogen and oxygen atoms in total. The van der Waals surface area contributed by atoms with Crippen molar-refractivity contribution in [2.45, 2.75) is 20.0 Å². The summed E-state index contributed by atoms with van der Waals surface area (Å²) in [6.45, 7) is 3.34. The molecule has 0 aliphatic carbocycles. The van der Waals surface area contributed by atoms with Crippen molar-refractivity contribution < 1.29 is 4.79 Å². The van der Waals surface area contributed by atoms with Crippen LogP contribution in [0, 0.1) is 6.92 Å². The van der Waals surface area contributed by atoms with Gasteiger partial charge in [-0.1, -0.05) is 60.2 Å². The third kappa shape index (κ3) is 4.70. The van der Waals surface area contributed by atoms with E-state index in [0.717, 1.165) is 11.3 Å². The summed E-state index contributed by atoms with van der Waals surface area (Å²) in [5, 5.41) is 3.34. The zero-order valence-corrected chi connectivity index (χ0v) is 15.1. The molecule has 0 saturated heterocycles. The topological polar surface area (TPSA) is 45.2 Å². The predicted molar refractivity (Wildman–Crippen MR) is 105 cm³/mol. The number of nitrogens with zero attached hydrogens (tertiary/aromatic N) is 2. The minimum absolute atomic E-state index is 0.0411. The molecule has 26 heavy (non-hydrogen) atoms. The smallest absolute Gasteiger partial charge is 0.255 e. The second-order valence-electron chi connectivity index (χ2n) is 6.45. The second-order valence-corrected chi connectivity index (χ2v) is 6.45. The van der Waals surface area contributed by atoms with Crippen LogP contribution in [0.25, 0.3) is 0 Å². The molecular formula is C22H23N3O. The van der Waals surface area contributed by atoms with Crippen LogP contribution in [0.5, 0.6) is 0 Å². The van der Waals surface area contributed by atoms with E-state index >= 15 is 0 Å². The highest BCUT2D eigenvalue weighted by Gasteiger charge is 2.13. The van der Waals surface area contributed by atoms with Gasteiger partial charge in [0.25, 0.3) is 5.91 Å². The van der Waals surface area contributed by atoms with E-state index in [4.69, 9.17) is 0 Å². The molecule has 1 aromatic heterocycles. The highest BCUT2D eigenvalue weighted by atomic mass is 16.2. The zero-order valence-electron chi connectivity index (χ0n) is 15.1. The van der Waals surface area contributed by atoms with Crippen molar-refractivity contribution in [3.05, 3.63) is 95.3 Å². The Labute approximate surface area is 154 Å². The minimum atomic E-state index is -0.0411. The quantitative estimate of drug-likeness (QED) is 0.725. The van der Waals surface area contributed by atoms with Gasteiger partial charge in [-0.15, -0.1) is 0 Å². The molecule has 0 radical (unpaired) electrons. The van der Waals surface area contributed by atoms with E-state index in [1.807, 2.05) is 49.5 Å². The third-order valence-electron chi connectivity index (χ3n) is 4.17. The van der Waals surface area contributed by atoms with Crippen molar-refractivity contribution in [2.75, 3.05) is 12.4 Å². The number of aromatic nitrogens is 1. The summed E-state index contributed by atoms with van der Waals surface area (Å²) in [6.07, 6.45) is 3.35. The molecule has 0 saturated carbocycles. The Morgan fingerprint density at radius 1 is 1.00 bits per heavy atom. The van der Waals surface area contributed by atoms with Crippen LogP contribution in [0.3, 0.4) is 0 Å². The summed E-state index contributed by atoms with van der Waals surface area (Å²) in [5.74, 6) is -0.0411. The maximum absolute atomic E-state index is 12.7.